The fourth-order valence-corrected chi connectivity index (χ4v) is 3.86. The molecule has 1 aromatic rings. The maximum absolute atomic E-state index is 12.4. The quantitative estimate of drug-likeness (QED) is 0.488. The van der Waals surface area contributed by atoms with Gasteiger partial charge >= 0.3 is 5.97 Å². The Morgan fingerprint density at radius 1 is 1.15 bits per heavy atom. The van der Waals surface area contributed by atoms with Gasteiger partial charge in [-0.1, -0.05) is 44.4 Å². The monoisotopic (exact) mass is 374 g/mol. The second kappa shape index (κ2) is 11.1. The Kier molecular flexibility index (Phi) is 8.79. The Bertz CT molecular complexity index is 617. The highest BCUT2D eigenvalue weighted by atomic mass is 16.5. The van der Waals surface area contributed by atoms with Crippen molar-refractivity contribution in [1.82, 2.24) is 5.32 Å². The van der Waals surface area contributed by atoms with E-state index in [0.717, 1.165) is 44.3 Å². The van der Waals surface area contributed by atoms with Crippen LogP contribution in [-0.4, -0.2) is 31.6 Å². The number of esters is 1. The lowest BCUT2D eigenvalue weighted by Gasteiger charge is -2.39. The summed E-state index contributed by atoms with van der Waals surface area (Å²) in [6.07, 6.45) is 7.44. The van der Waals surface area contributed by atoms with Crippen molar-refractivity contribution in [3.8, 4) is 0 Å². The van der Waals surface area contributed by atoms with E-state index < -0.39 is 0 Å². The van der Waals surface area contributed by atoms with Crippen LogP contribution in [0.4, 0.5) is 5.69 Å². The van der Waals surface area contributed by atoms with E-state index in [9.17, 15) is 9.59 Å². The van der Waals surface area contributed by atoms with Crippen LogP contribution in [0.3, 0.4) is 0 Å². The van der Waals surface area contributed by atoms with Crippen molar-refractivity contribution < 1.29 is 14.3 Å². The van der Waals surface area contributed by atoms with Crippen molar-refractivity contribution in [2.45, 2.75) is 77.3 Å². The molecule has 0 saturated carbocycles. The zero-order chi connectivity index (χ0) is 19.6. The highest BCUT2D eigenvalue weighted by molar-refractivity contribution is 5.95. The molecule has 150 valence electrons. The standard InChI is InChI=1S/C22H34N2O3/c1-4-21(25)24-17(2)16-19(18-12-9-10-13-20(18)24)23-15-11-7-5-6-8-14-22(26)27-3/h9-10,12-13,17,19,23H,4-8,11,14-16H2,1-3H3/t17-,19+/m0/s1. The largest absolute Gasteiger partial charge is 0.469 e. The van der Waals surface area contributed by atoms with E-state index in [-0.39, 0.29) is 17.9 Å². The van der Waals surface area contributed by atoms with E-state index in [2.05, 4.69) is 35.2 Å². The third-order valence-corrected chi connectivity index (χ3v) is 5.34. The fourth-order valence-electron chi connectivity index (χ4n) is 3.86. The van der Waals surface area contributed by atoms with Crippen molar-refractivity contribution in [2.24, 2.45) is 0 Å². The topological polar surface area (TPSA) is 58.6 Å². The third-order valence-electron chi connectivity index (χ3n) is 5.34. The average molecular weight is 375 g/mol. The van der Waals surface area contributed by atoms with Crippen LogP contribution in [0.2, 0.25) is 0 Å². The lowest BCUT2D eigenvalue weighted by molar-refractivity contribution is -0.140. The van der Waals surface area contributed by atoms with Crippen LogP contribution in [0.25, 0.3) is 0 Å². The predicted octanol–water partition coefficient (Wildman–Crippen LogP) is 4.37. The number of amides is 1. The normalized spacial score (nSPS) is 18.9. The van der Waals surface area contributed by atoms with Gasteiger partial charge in [0.15, 0.2) is 0 Å². The van der Waals surface area contributed by atoms with Gasteiger partial charge in [0.05, 0.1) is 7.11 Å². The molecule has 0 unspecified atom stereocenters. The zero-order valence-electron chi connectivity index (χ0n) is 17.0. The van der Waals surface area contributed by atoms with Crippen molar-refractivity contribution in [3.63, 3.8) is 0 Å². The summed E-state index contributed by atoms with van der Waals surface area (Å²) in [5.74, 6) is 0.0812. The van der Waals surface area contributed by atoms with Crippen molar-refractivity contribution in [1.29, 1.82) is 0 Å². The fraction of sp³-hybridized carbons (Fsp3) is 0.636. The van der Waals surface area contributed by atoms with Gasteiger partial charge in [-0.05, 0) is 44.4 Å². The van der Waals surface area contributed by atoms with Crippen molar-refractivity contribution >= 4 is 17.6 Å². The maximum atomic E-state index is 12.4. The van der Waals surface area contributed by atoms with Gasteiger partial charge in [-0.2, -0.15) is 0 Å². The summed E-state index contributed by atoms with van der Waals surface area (Å²) in [4.78, 5) is 25.4. The average Bonchev–Trinajstić information content (AvgIpc) is 2.69. The molecule has 5 heteroatoms. The molecule has 0 radical (unpaired) electrons. The summed E-state index contributed by atoms with van der Waals surface area (Å²) < 4.78 is 4.66. The summed E-state index contributed by atoms with van der Waals surface area (Å²) in [6, 6.07) is 8.79. The number of carbonyl (C=O) groups excluding carboxylic acids is 2. The SMILES string of the molecule is CCC(=O)N1c2ccccc2[C@H](NCCCCCCCC(=O)OC)C[C@@H]1C. The molecule has 1 N–H and O–H groups in total. The van der Waals surface area contributed by atoms with Gasteiger partial charge in [-0.3, -0.25) is 9.59 Å². The Hall–Kier alpha value is -1.88. The number of ether oxygens (including phenoxy) is 1. The third kappa shape index (κ3) is 6.06. The van der Waals surface area contributed by atoms with E-state index in [1.54, 1.807) is 0 Å². The van der Waals surface area contributed by atoms with Gasteiger partial charge < -0.3 is 15.0 Å². The first-order chi connectivity index (χ1) is 13.1. The molecule has 0 aromatic heterocycles. The lowest BCUT2D eigenvalue weighted by Crippen LogP contribution is -2.45. The molecule has 0 aliphatic carbocycles. The maximum Gasteiger partial charge on any atom is 0.305 e. The number of para-hydroxylation sites is 1. The van der Waals surface area contributed by atoms with E-state index in [1.807, 2.05) is 17.9 Å². The van der Waals surface area contributed by atoms with Crippen molar-refractivity contribution in [3.05, 3.63) is 29.8 Å². The molecular weight excluding hydrogens is 340 g/mol. The van der Waals surface area contributed by atoms with Crippen LogP contribution in [0.5, 0.6) is 0 Å². The molecule has 27 heavy (non-hydrogen) atoms. The van der Waals surface area contributed by atoms with E-state index in [0.29, 0.717) is 18.9 Å². The van der Waals surface area contributed by atoms with E-state index in [4.69, 9.17) is 0 Å². The van der Waals surface area contributed by atoms with Crippen LogP contribution >= 0.6 is 0 Å². The summed E-state index contributed by atoms with van der Waals surface area (Å²) in [7, 11) is 1.44. The number of hydrogen-bond donors (Lipinski definition) is 1. The molecule has 1 amide bonds. The van der Waals surface area contributed by atoms with Crippen LogP contribution in [0, 0.1) is 0 Å². The first-order valence-corrected chi connectivity index (χ1v) is 10.3. The number of fused-ring (bicyclic) bond motifs is 1. The molecule has 5 nitrogen and oxygen atoms in total. The highest BCUT2D eigenvalue weighted by Crippen LogP contribution is 2.37. The van der Waals surface area contributed by atoms with E-state index >= 15 is 0 Å². The number of unbranched alkanes of at least 4 members (excludes halogenated alkanes) is 4. The summed E-state index contributed by atoms with van der Waals surface area (Å²) in [6.45, 7) is 5.04. The van der Waals surface area contributed by atoms with Gasteiger partial charge in [0, 0.05) is 30.6 Å². The number of anilines is 1. The molecule has 2 rings (SSSR count). The second-order valence-corrected chi connectivity index (χ2v) is 7.36. The minimum absolute atomic E-state index is 0.114. The highest BCUT2D eigenvalue weighted by Gasteiger charge is 2.32. The lowest BCUT2D eigenvalue weighted by atomic mass is 9.91. The molecule has 0 saturated heterocycles. The predicted molar refractivity (Wildman–Crippen MR) is 109 cm³/mol. The molecule has 1 aromatic carbocycles. The van der Waals surface area contributed by atoms with Crippen LogP contribution in [-0.2, 0) is 14.3 Å². The Morgan fingerprint density at radius 2 is 1.85 bits per heavy atom. The molecule has 1 aliphatic heterocycles. The second-order valence-electron chi connectivity index (χ2n) is 7.36. The number of benzene rings is 1. The summed E-state index contributed by atoms with van der Waals surface area (Å²) >= 11 is 0. The van der Waals surface area contributed by atoms with Gasteiger partial charge in [-0.25, -0.2) is 0 Å². The van der Waals surface area contributed by atoms with Crippen LogP contribution in [0.15, 0.2) is 24.3 Å². The Balaban J connectivity index is 1.78. The number of carbonyl (C=O) groups is 2. The number of hydrogen-bond acceptors (Lipinski definition) is 4. The van der Waals surface area contributed by atoms with Crippen LogP contribution < -0.4 is 10.2 Å². The van der Waals surface area contributed by atoms with Gasteiger partial charge in [0.1, 0.15) is 0 Å². The smallest absolute Gasteiger partial charge is 0.305 e. The molecular formula is C22H34N2O3. The van der Waals surface area contributed by atoms with E-state index in [1.165, 1.54) is 19.1 Å². The molecule has 0 spiro atoms. The van der Waals surface area contributed by atoms with Gasteiger partial charge in [0.2, 0.25) is 5.91 Å². The van der Waals surface area contributed by atoms with Crippen molar-refractivity contribution in [2.75, 3.05) is 18.6 Å². The molecule has 0 fully saturated rings. The first-order valence-electron chi connectivity index (χ1n) is 10.3. The zero-order valence-corrected chi connectivity index (χ0v) is 17.0. The Labute approximate surface area is 163 Å². The van der Waals surface area contributed by atoms with Crippen LogP contribution in [0.1, 0.15) is 76.8 Å². The first kappa shape index (κ1) is 21.4. The number of nitrogens with zero attached hydrogens (tertiary/aromatic N) is 1. The molecule has 2 atom stereocenters. The minimum Gasteiger partial charge on any atom is -0.469 e. The van der Waals surface area contributed by atoms with Gasteiger partial charge in [-0.15, -0.1) is 0 Å². The number of rotatable bonds is 10. The number of methoxy groups -OCH3 is 1. The molecule has 0 bridgehead atoms. The summed E-state index contributed by atoms with van der Waals surface area (Å²) in [5.41, 5.74) is 2.29. The minimum atomic E-state index is -0.114. The Morgan fingerprint density at radius 3 is 2.59 bits per heavy atom. The summed E-state index contributed by atoms with van der Waals surface area (Å²) in [5, 5.41) is 3.69. The molecule has 1 aliphatic rings. The number of nitrogens with one attached hydrogen (secondary N) is 1. The van der Waals surface area contributed by atoms with Gasteiger partial charge in [0.25, 0.3) is 0 Å². The molecule has 1 heterocycles.